The maximum atomic E-state index is 12.8. The minimum Gasteiger partial charge on any atom is -0.497 e. The number of ether oxygens (including phenoxy) is 2. The summed E-state index contributed by atoms with van der Waals surface area (Å²) in [4.78, 5) is 27.0. The first-order valence-corrected chi connectivity index (χ1v) is 8.17. The topological polar surface area (TPSA) is 55.8 Å². The summed E-state index contributed by atoms with van der Waals surface area (Å²) in [5, 5.41) is 0. The van der Waals surface area contributed by atoms with E-state index in [0.717, 1.165) is 5.56 Å². The van der Waals surface area contributed by atoms with Crippen molar-refractivity contribution in [3.63, 3.8) is 0 Å². The van der Waals surface area contributed by atoms with Crippen LogP contribution in [0.1, 0.15) is 11.1 Å². The second-order valence-corrected chi connectivity index (χ2v) is 6.01. The number of Topliss-reactive ketones (excluding diaryl/α,β-unsaturated/α-hetero) is 2. The molecule has 0 fully saturated rings. The molecule has 26 heavy (non-hydrogen) atoms. The van der Waals surface area contributed by atoms with E-state index in [4.69, 9.17) is 9.47 Å². The number of carbonyl (C=O) groups is 2. The number of hydrogen-bond acceptors (Lipinski definition) is 5. The second kappa shape index (κ2) is 8.85. The van der Waals surface area contributed by atoms with Gasteiger partial charge in [0.2, 0.25) is 11.6 Å². The maximum Gasteiger partial charge on any atom is 0.230 e. The zero-order valence-corrected chi connectivity index (χ0v) is 15.5. The van der Waals surface area contributed by atoms with E-state index < -0.39 is 11.6 Å². The molecule has 2 aromatic carbocycles. The highest BCUT2D eigenvalue weighted by atomic mass is 16.5. The molecule has 0 aliphatic carbocycles. The fourth-order valence-electron chi connectivity index (χ4n) is 2.45. The summed E-state index contributed by atoms with van der Waals surface area (Å²) in [6, 6.07) is 14.2. The minimum absolute atomic E-state index is 0.0454. The van der Waals surface area contributed by atoms with Crippen molar-refractivity contribution in [2.24, 2.45) is 0 Å². The van der Waals surface area contributed by atoms with E-state index in [2.05, 4.69) is 0 Å². The largest absolute Gasteiger partial charge is 0.497 e. The predicted molar refractivity (Wildman–Crippen MR) is 101 cm³/mol. The molecule has 0 saturated heterocycles. The molecule has 0 spiro atoms. The molecular formula is C21H23NO4. The molecule has 0 heterocycles. The van der Waals surface area contributed by atoms with Gasteiger partial charge < -0.3 is 14.4 Å². The lowest BCUT2D eigenvalue weighted by atomic mass is 9.96. The summed E-state index contributed by atoms with van der Waals surface area (Å²) < 4.78 is 10.2. The lowest BCUT2D eigenvalue weighted by Crippen LogP contribution is -2.19. The van der Waals surface area contributed by atoms with Crippen LogP contribution in [0.4, 0.5) is 0 Å². The molecule has 0 saturated carbocycles. The van der Waals surface area contributed by atoms with Gasteiger partial charge in [-0.05, 0) is 35.4 Å². The summed E-state index contributed by atoms with van der Waals surface area (Å²) in [6.07, 6.45) is 1.71. The Morgan fingerprint density at radius 3 is 1.85 bits per heavy atom. The molecule has 5 heteroatoms. The summed E-state index contributed by atoms with van der Waals surface area (Å²) in [7, 11) is 6.78. The summed E-state index contributed by atoms with van der Waals surface area (Å²) >= 11 is 0. The molecule has 5 nitrogen and oxygen atoms in total. The van der Waals surface area contributed by atoms with Gasteiger partial charge in [-0.2, -0.15) is 0 Å². The third kappa shape index (κ3) is 4.96. The van der Waals surface area contributed by atoms with Crippen LogP contribution in [0, 0.1) is 0 Å². The van der Waals surface area contributed by atoms with E-state index in [1.54, 1.807) is 73.9 Å². The Bertz CT molecular complexity index is 790. The molecule has 0 aromatic heterocycles. The highest BCUT2D eigenvalue weighted by Gasteiger charge is 2.21. The second-order valence-electron chi connectivity index (χ2n) is 6.01. The minimum atomic E-state index is -0.514. The summed E-state index contributed by atoms with van der Waals surface area (Å²) in [5.41, 5.74) is 1.80. The van der Waals surface area contributed by atoms with Crippen molar-refractivity contribution in [3.05, 3.63) is 65.9 Å². The van der Waals surface area contributed by atoms with Crippen molar-refractivity contribution in [1.29, 1.82) is 0 Å². The average Bonchev–Trinajstić information content (AvgIpc) is 2.66. The Labute approximate surface area is 153 Å². The molecule has 0 radical (unpaired) electrons. The number of nitrogens with zero attached hydrogens (tertiary/aromatic N) is 1. The van der Waals surface area contributed by atoms with Crippen molar-refractivity contribution < 1.29 is 19.1 Å². The van der Waals surface area contributed by atoms with E-state index in [1.165, 1.54) is 0 Å². The number of carbonyl (C=O) groups excluding carboxylic acids is 2. The van der Waals surface area contributed by atoms with Crippen LogP contribution in [-0.4, -0.2) is 44.8 Å². The molecular weight excluding hydrogens is 330 g/mol. The monoisotopic (exact) mass is 353 g/mol. The smallest absolute Gasteiger partial charge is 0.230 e. The lowest BCUT2D eigenvalue weighted by Gasteiger charge is -2.12. The van der Waals surface area contributed by atoms with Gasteiger partial charge in [-0.15, -0.1) is 0 Å². The predicted octanol–water partition coefficient (Wildman–Crippen LogP) is 2.99. The van der Waals surface area contributed by atoms with Crippen molar-refractivity contribution in [1.82, 2.24) is 4.90 Å². The molecule has 0 unspecified atom stereocenters. The van der Waals surface area contributed by atoms with E-state index in [-0.39, 0.29) is 6.42 Å². The molecule has 2 rings (SSSR count). The Morgan fingerprint density at radius 2 is 1.38 bits per heavy atom. The van der Waals surface area contributed by atoms with Crippen LogP contribution in [0.3, 0.4) is 0 Å². The van der Waals surface area contributed by atoms with E-state index >= 15 is 0 Å². The van der Waals surface area contributed by atoms with E-state index in [1.807, 2.05) is 14.1 Å². The Hall–Kier alpha value is -3.08. The van der Waals surface area contributed by atoms with Crippen LogP contribution in [-0.2, 0) is 16.0 Å². The van der Waals surface area contributed by atoms with Gasteiger partial charge in [-0.3, -0.25) is 9.59 Å². The van der Waals surface area contributed by atoms with E-state index in [0.29, 0.717) is 22.6 Å². The number of methoxy groups -OCH3 is 2. The van der Waals surface area contributed by atoms with Gasteiger partial charge in [0, 0.05) is 32.3 Å². The summed E-state index contributed by atoms with van der Waals surface area (Å²) in [6.45, 7) is 0. The first-order chi connectivity index (χ1) is 12.4. The van der Waals surface area contributed by atoms with Gasteiger partial charge >= 0.3 is 0 Å². The van der Waals surface area contributed by atoms with Crippen molar-refractivity contribution in [2.45, 2.75) is 6.42 Å². The molecule has 0 amide bonds. The van der Waals surface area contributed by atoms with Crippen molar-refractivity contribution >= 4 is 17.1 Å². The molecule has 0 aliphatic rings. The highest BCUT2D eigenvalue weighted by Crippen LogP contribution is 2.21. The Balaban J connectivity index is 2.23. The van der Waals surface area contributed by atoms with Gasteiger partial charge in [-0.1, -0.05) is 24.3 Å². The molecule has 0 N–H and O–H groups in total. The van der Waals surface area contributed by atoms with Crippen LogP contribution < -0.4 is 9.47 Å². The molecule has 0 aliphatic heterocycles. The van der Waals surface area contributed by atoms with Crippen LogP contribution in [0.5, 0.6) is 11.5 Å². The van der Waals surface area contributed by atoms with Gasteiger partial charge in [0.25, 0.3) is 0 Å². The zero-order chi connectivity index (χ0) is 19.1. The number of benzene rings is 2. The van der Waals surface area contributed by atoms with Crippen LogP contribution in [0.2, 0.25) is 0 Å². The quantitative estimate of drug-likeness (QED) is 0.539. The van der Waals surface area contributed by atoms with E-state index in [9.17, 15) is 9.59 Å². The SMILES string of the molecule is COc1ccc(CC(=O)C(=O)/C(=C/N(C)C)c2ccc(OC)cc2)cc1. The first kappa shape index (κ1) is 19.2. The molecule has 136 valence electrons. The van der Waals surface area contributed by atoms with Gasteiger partial charge in [0.05, 0.1) is 14.2 Å². The van der Waals surface area contributed by atoms with Crippen molar-refractivity contribution in [2.75, 3.05) is 28.3 Å². The highest BCUT2D eigenvalue weighted by molar-refractivity contribution is 6.54. The first-order valence-electron chi connectivity index (χ1n) is 8.17. The molecule has 2 aromatic rings. The van der Waals surface area contributed by atoms with Gasteiger partial charge in [0.1, 0.15) is 11.5 Å². The zero-order valence-electron chi connectivity index (χ0n) is 15.5. The van der Waals surface area contributed by atoms with Crippen LogP contribution in [0.15, 0.2) is 54.7 Å². The standard InChI is InChI=1S/C21H23NO4/c1-22(2)14-19(16-7-11-18(26-4)12-8-16)21(24)20(23)13-15-5-9-17(25-3)10-6-15/h5-12,14H,13H2,1-4H3/b19-14+. The molecule has 0 bridgehead atoms. The summed E-state index contributed by atoms with van der Waals surface area (Å²) in [5.74, 6) is 0.424. The Kier molecular flexibility index (Phi) is 6.55. The Morgan fingerprint density at radius 1 is 0.885 bits per heavy atom. The number of hydrogen-bond donors (Lipinski definition) is 0. The third-order valence-electron chi connectivity index (χ3n) is 3.81. The average molecular weight is 353 g/mol. The van der Waals surface area contributed by atoms with Crippen LogP contribution in [0.25, 0.3) is 5.57 Å². The normalized spacial score (nSPS) is 11.0. The fraction of sp³-hybridized carbons (Fsp3) is 0.238. The number of allylic oxidation sites excluding steroid dienone is 1. The lowest BCUT2D eigenvalue weighted by molar-refractivity contribution is -0.132. The third-order valence-corrected chi connectivity index (χ3v) is 3.81. The number of ketones is 2. The fourth-order valence-corrected chi connectivity index (χ4v) is 2.45. The van der Waals surface area contributed by atoms with Gasteiger partial charge in [-0.25, -0.2) is 0 Å². The number of rotatable bonds is 8. The van der Waals surface area contributed by atoms with Crippen molar-refractivity contribution in [3.8, 4) is 11.5 Å². The molecule has 0 atom stereocenters. The van der Waals surface area contributed by atoms with Gasteiger partial charge in [0.15, 0.2) is 0 Å². The maximum absolute atomic E-state index is 12.8. The van der Waals surface area contributed by atoms with Crippen LogP contribution >= 0.6 is 0 Å².